The molecule has 0 amide bonds. The molecule has 1 atom stereocenters. The van der Waals surface area contributed by atoms with E-state index in [4.69, 9.17) is 5.73 Å². The van der Waals surface area contributed by atoms with Crippen molar-refractivity contribution in [3.63, 3.8) is 0 Å². The molecule has 1 aromatic rings. The average Bonchev–Trinajstić information content (AvgIpc) is 2.88. The Labute approximate surface area is 113 Å². The largest absolute Gasteiger partial charge is 0.327 e. The Morgan fingerprint density at radius 3 is 2.88 bits per heavy atom. The van der Waals surface area contributed by atoms with Gasteiger partial charge in [-0.15, -0.1) is 11.3 Å². The van der Waals surface area contributed by atoms with E-state index in [-0.39, 0.29) is 0 Å². The Hall–Kier alpha value is 0.01000. The van der Waals surface area contributed by atoms with E-state index >= 15 is 0 Å². The Morgan fingerprint density at radius 2 is 2.18 bits per heavy atom. The van der Waals surface area contributed by atoms with E-state index in [9.17, 15) is 0 Å². The van der Waals surface area contributed by atoms with Gasteiger partial charge in [0, 0.05) is 21.9 Å². The van der Waals surface area contributed by atoms with E-state index in [1.165, 1.54) is 37.0 Å². The van der Waals surface area contributed by atoms with Crippen LogP contribution in [-0.2, 0) is 6.42 Å². The summed E-state index contributed by atoms with van der Waals surface area (Å²) in [5.41, 5.74) is 6.19. The second-order valence-corrected chi connectivity index (χ2v) is 7.34. The lowest BCUT2D eigenvalue weighted by Crippen LogP contribution is -2.25. The lowest BCUT2D eigenvalue weighted by molar-refractivity contribution is 0.515. The van der Waals surface area contributed by atoms with E-state index in [1.54, 1.807) is 0 Å². The monoisotopic (exact) mass is 269 g/mol. The average molecular weight is 269 g/mol. The van der Waals surface area contributed by atoms with Crippen molar-refractivity contribution < 1.29 is 0 Å². The summed E-state index contributed by atoms with van der Waals surface area (Å²) in [5.74, 6) is 1.15. The molecule has 1 unspecified atom stereocenters. The molecule has 0 aliphatic heterocycles. The molecular weight excluding hydrogens is 246 g/mol. The molecule has 1 aliphatic carbocycles. The maximum atomic E-state index is 6.19. The van der Waals surface area contributed by atoms with Gasteiger partial charge in [0.25, 0.3) is 0 Å². The number of thiophene rings is 1. The van der Waals surface area contributed by atoms with Gasteiger partial charge in [-0.3, -0.25) is 0 Å². The molecule has 0 bridgehead atoms. The summed E-state index contributed by atoms with van der Waals surface area (Å²) in [5, 5.41) is 3.05. The van der Waals surface area contributed by atoms with E-state index in [2.05, 4.69) is 29.3 Å². The Kier molecular flexibility index (Phi) is 5.89. The van der Waals surface area contributed by atoms with Crippen LogP contribution in [0.25, 0.3) is 0 Å². The van der Waals surface area contributed by atoms with Gasteiger partial charge in [-0.2, -0.15) is 11.8 Å². The van der Waals surface area contributed by atoms with Crippen molar-refractivity contribution in [3.05, 3.63) is 22.4 Å². The number of hydrogen-bond donors (Lipinski definition) is 1. The van der Waals surface area contributed by atoms with Crippen LogP contribution in [-0.4, -0.2) is 17.0 Å². The summed E-state index contributed by atoms with van der Waals surface area (Å²) < 4.78 is 0. The first-order valence-corrected chi connectivity index (χ1v) is 8.67. The van der Waals surface area contributed by atoms with Crippen molar-refractivity contribution in [2.45, 2.75) is 56.2 Å². The van der Waals surface area contributed by atoms with Crippen LogP contribution in [0.1, 0.15) is 43.4 Å². The van der Waals surface area contributed by atoms with Crippen LogP contribution in [0.15, 0.2) is 17.5 Å². The van der Waals surface area contributed by atoms with Crippen LogP contribution in [0.2, 0.25) is 0 Å². The summed E-state index contributed by atoms with van der Waals surface area (Å²) in [7, 11) is 0. The van der Waals surface area contributed by atoms with Crippen LogP contribution in [0.3, 0.4) is 0 Å². The van der Waals surface area contributed by atoms with Crippen molar-refractivity contribution in [2.75, 3.05) is 5.75 Å². The van der Waals surface area contributed by atoms with E-state index in [1.807, 2.05) is 11.3 Å². The lowest BCUT2D eigenvalue weighted by atomic mass is 10.0. The molecule has 0 saturated heterocycles. The summed E-state index contributed by atoms with van der Waals surface area (Å²) >= 11 is 3.97. The fourth-order valence-electron chi connectivity index (χ4n) is 2.36. The molecule has 2 N–H and O–H groups in total. The van der Waals surface area contributed by atoms with E-state index < -0.39 is 0 Å². The highest BCUT2D eigenvalue weighted by molar-refractivity contribution is 7.99. The molecule has 1 aliphatic rings. The number of thioether (sulfide) groups is 1. The van der Waals surface area contributed by atoms with Crippen molar-refractivity contribution in [2.24, 2.45) is 5.73 Å². The number of nitrogens with two attached hydrogens (primary N) is 1. The second kappa shape index (κ2) is 7.45. The molecule has 1 saturated carbocycles. The highest BCUT2D eigenvalue weighted by atomic mass is 32.2. The number of hydrogen-bond acceptors (Lipinski definition) is 3. The minimum atomic E-state index is 0.379. The van der Waals surface area contributed by atoms with Gasteiger partial charge in [0.05, 0.1) is 0 Å². The number of rotatable bonds is 6. The molecular formula is C14H23NS2. The molecule has 1 fully saturated rings. The van der Waals surface area contributed by atoms with Gasteiger partial charge >= 0.3 is 0 Å². The summed E-state index contributed by atoms with van der Waals surface area (Å²) in [6, 6.07) is 4.72. The van der Waals surface area contributed by atoms with Crippen LogP contribution in [0, 0.1) is 0 Å². The fraction of sp³-hybridized carbons (Fsp3) is 0.714. The molecule has 96 valence electrons. The predicted molar refractivity (Wildman–Crippen MR) is 79.9 cm³/mol. The van der Waals surface area contributed by atoms with Crippen molar-refractivity contribution in [1.29, 1.82) is 0 Å². The fourth-order valence-corrected chi connectivity index (χ4v) is 4.43. The minimum Gasteiger partial charge on any atom is -0.327 e. The first kappa shape index (κ1) is 13.4. The number of aryl methyl sites for hydroxylation is 1. The van der Waals surface area contributed by atoms with Gasteiger partial charge in [0.1, 0.15) is 0 Å². The van der Waals surface area contributed by atoms with E-state index in [0.29, 0.717) is 6.04 Å². The highest BCUT2D eigenvalue weighted by Gasteiger charge is 2.15. The van der Waals surface area contributed by atoms with Gasteiger partial charge in [0.2, 0.25) is 0 Å². The Morgan fingerprint density at radius 1 is 1.35 bits per heavy atom. The summed E-state index contributed by atoms with van der Waals surface area (Å²) in [6.07, 6.45) is 9.45. The van der Waals surface area contributed by atoms with Crippen molar-refractivity contribution in [3.8, 4) is 0 Å². The maximum absolute atomic E-state index is 6.19. The van der Waals surface area contributed by atoms with Gasteiger partial charge in [-0.1, -0.05) is 25.3 Å². The zero-order valence-corrected chi connectivity index (χ0v) is 12.1. The molecule has 3 heteroatoms. The first-order chi connectivity index (χ1) is 8.34. The SMILES string of the molecule is NC(CCc1cccs1)CSC1CCCCC1. The van der Waals surface area contributed by atoms with Crippen molar-refractivity contribution >= 4 is 23.1 Å². The Balaban J connectivity index is 1.58. The Bertz CT molecular complexity index is 291. The van der Waals surface area contributed by atoms with Crippen LogP contribution in [0.4, 0.5) is 0 Å². The van der Waals surface area contributed by atoms with Gasteiger partial charge < -0.3 is 5.73 Å². The zero-order chi connectivity index (χ0) is 11.9. The maximum Gasteiger partial charge on any atom is 0.0134 e. The molecule has 1 heterocycles. The predicted octanol–water partition coefficient (Wildman–Crippen LogP) is 4.07. The van der Waals surface area contributed by atoms with Crippen LogP contribution in [0.5, 0.6) is 0 Å². The highest BCUT2D eigenvalue weighted by Crippen LogP contribution is 2.28. The zero-order valence-electron chi connectivity index (χ0n) is 10.4. The molecule has 1 nitrogen and oxygen atoms in total. The normalized spacial score (nSPS) is 19.4. The smallest absolute Gasteiger partial charge is 0.0134 e. The quantitative estimate of drug-likeness (QED) is 0.842. The standard InChI is InChI=1S/C14H23NS2/c15-12(8-9-14-7-4-10-16-14)11-17-13-5-2-1-3-6-13/h4,7,10,12-13H,1-3,5-6,8-9,11,15H2. The summed E-state index contributed by atoms with van der Waals surface area (Å²) in [4.78, 5) is 1.48. The first-order valence-electron chi connectivity index (χ1n) is 6.74. The second-order valence-electron chi connectivity index (χ2n) is 4.97. The third kappa shape index (κ3) is 5.02. The third-order valence-electron chi connectivity index (χ3n) is 3.44. The molecule has 0 spiro atoms. The molecule has 0 aromatic carbocycles. The third-order valence-corrected chi connectivity index (χ3v) is 5.94. The topological polar surface area (TPSA) is 26.0 Å². The van der Waals surface area contributed by atoms with Crippen molar-refractivity contribution in [1.82, 2.24) is 0 Å². The molecule has 1 aromatic heterocycles. The molecule has 2 rings (SSSR count). The molecule has 0 radical (unpaired) electrons. The van der Waals surface area contributed by atoms with Gasteiger partial charge in [-0.05, 0) is 37.1 Å². The van der Waals surface area contributed by atoms with E-state index in [0.717, 1.165) is 23.8 Å². The molecule has 17 heavy (non-hydrogen) atoms. The minimum absolute atomic E-state index is 0.379. The lowest BCUT2D eigenvalue weighted by Gasteiger charge is -2.22. The van der Waals surface area contributed by atoms with Crippen LogP contribution < -0.4 is 5.73 Å². The van der Waals surface area contributed by atoms with Crippen LogP contribution >= 0.6 is 23.1 Å². The summed E-state index contributed by atoms with van der Waals surface area (Å²) in [6.45, 7) is 0. The van der Waals surface area contributed by atoms with Gasteiger partial charge in [-0.25, -0.2) is 0 Å². The van der Waals surface area contributed by atoms with Gasteiger partial charge in [0.15, 0.2) is 0 Å².